The Bertz CT molecular complexity index is 284. The van der Waals surface area contributed by atoms with E-state index < -0.39 is 11.9 Å². The predicted octanol–water partition coefficient (Wildman–Crippen LogP) is 0.343. The lowest BCUT2D eigenvalue weighted by atomic mass is 10.2. The molecule has 0 aliphatic heterocycles. The molecule has 0 fully saturated rings. The van der Waals surface area contributed by atoms with E-state index in [9.17, 15) is 9.90 Å². The van der Waals surface area contributed by atoms with E-state index in [1.165, 1.54) is 14.2 Å². The third kappa shape index (κ3) is 3.88. The Morgan fingerprint density at radius 3 is 2.40 bits per heavy atom. The molecule has 0 saturated heterocycles. The zero-order valence-electron chi connectivity index (χ0n) is 9.11. The molecule has 0 radical (unpaired) electrons. The van der Waals surface area contributed by atoms with E-state index in [0.29, 0.717) is 6.54 Å². The lowest BCUT2D eigenvalue weighted by Gasteiger charge is -2.06. The Balaban J connectivity index is 5.04. The highest BCUT2D eigenvalue weighted by atomic mass is 16.6. The maximum Gasteiger partial charge on any atom is 0.348 e. The number of aliphatic imine (C=N–C) groups is 1. The highest BCUT2D eigenvalue weighted by Gasteiger charge is 2.21. The fourth-order valence-electron chi connectivity index (χ4n) is 0.817. The summed E-state index contributed by atoms with van der Waals surface area (Å²) in [4.78, 5) is 15.1. The maximum absolute atomic E-state index is 11.2. The Hall–Kier alpha value is -1.72. The van der Waals surface area contributed by atoms with Crippen molar-refractivity contribution in [3.63, 3.8) is 0 Å². The summed E-state index contributed by atoms with van der Waals surface area (Å²) in [6.45, 7) is 2.37. The number of carbonyl (C=O) groups is 1. The molecule has 0 heterocycles. The second-order valence-electron chi connectivity index (χ2n) is 2.64. The van der Waals surface area contributed by atoms with Gasteiger partial charge in [-0.05, 0) is 6.42 Å². The Kier molecular flexibility index (Phi) is 5.92. The summed E-state index contributed by atoms with van der Waals surface area (Å²) in [5, 5.41) is 9.28. The first kappa shape index (κ1) is 13.3. The molecule has 0 aromatic heterocycles. The summed E-state index contributed by atoms with van der Waals surface area (Å²) in [7, 11) is 2.39. The van der Waals surface area contributed by atoms with Gasteiger partial charge in [-0.2, -0.15) is 0 Å². The van der Waals surface area contributed by atoms with Crippen LogP contribution in [-0.2, 0) is 14.3 Å². The summed E-state index contributed by atoms with van der Waals surface area (Å²) < 4.78 is 8.95. The van der Waals surface area contributed by atoms with Crippen molar-refractivity contribution < 1.29 is 19.4 Å². The first-order valence-electron chi connectivity index (χ1n) is 4.44. The van der Waals surface area contributed by atoms with Gasteiger partial charge in [0.15, 0.2) is 5.57 Å². The number of hydrogen-bond acceptors (Lipinski definition) is 5. The van der Waals surface area contributed by atoms with Crippen molar-refractivity contribution in [3.05, 3.63) is 11.5 Å². The molecule has 15 heavy (non-hydrogen) atoms. The molecule has 6 heteroatoms. The van der Waals surface area contributed by atoms with E-state index in [-0.39, 0.29) is 11.4 Å². The third-order valence-corrected chi connectivity index (χ3v) is 1.56. The van der Waals surface area contributed by atoms with Crippen LogP contribution in [0.5, 0.6) is 0 Å². The number of hydrogen-bond donors (Lipinski definition) is 2. The van der Waals surface area contributed by atoms with Gasteiger partial charge >= 0.3 is 5.97 Å². The molecule has 0 aliphatic carbocycles. The van der Waals surface area contributed by atoms with Crippen LogP contribution < -0.4 is 5.73 Å². The van der Waals surface area contributed by atoms with Gasteiger partial charge in [-0.25, -0.2) is 4.79 Å². The maximum atomic E-state index is 11.2. The average molecular weight is 216 g/mol. The third-order valence-electron chi connectivity index (χ3n) is 1.56. The van der Waals surface area contributed by atoms with Crippen LogP contribution in [0, 0.1) is 0 Å². The summed E-state index contributed by atoms with van der Waals surface area (Å²) >= 11 is 0. The van der Waals surface area contributed by atoms with E-state index in [1.54, 1.807) is 0 Å². The van der Waals surface area contributed by atoms with Gasteiger partial charge in [0, 0.05) is 6.54 Å². The zero-order chi connectivity index (χ0) is 11.8. The standard InChI is InChI=1S/C9H16N2O4/c1-4-5-11-7(10)6(8(12)14-2)9(13)15-3/h12H,4-5H2,1-3H3,(H2,10,11)/b8-6+. The second kappa shape index (κ2) is 6.69. The molecule has 0 bridgehead atoms. The van der Waals surface area contributed by atoms with Crippen LogP contribution in [0.3, 0.4) is 0 Å². The van der Waals surface area contributed by atoms with Crippen molar-refractivity contribution in [2.45, 2.75) is 13.3 Å². The first-order chi connectivity index (χ1) is 7.08. The summed E-state index contributed by atoms with van der Waals surface area (Å²) in [6, 6.07) is 0. The normalized spacial score (nSPS) is 13.1. The molecule has 6 nitrogen and oxygen atoms in total. The molecule has 0 aliphatic rings. The van der Waals surface area contributed by atoms with Crippen molar-refractivity contribution in [2.24, 2.45) is 10.7 Å². The van der Waals surface area contributed by atoms with Crippen LogP contribution in [0.4, 0.5) is 0 Å². The van der Waals surface area contributed by atoms with E-state index in [2.05, 4.69) is 14.5 Å². The van der Waals surface area contributed by atoms with E-state index in [0.717, 1.165) is 6.42 Å². The Morgan fingerprint density at radius 2 is 2.00 bits per heavy atom. The van der Waals surface area contributed by atoms with Crippen LogP contribution in [0.1, 0.15) is 13.3 Å². The van der Waals surface area contributed by atoms with E-state index in [1.807, 2.05) is 6.92 Å². The van der Waals surface area contributed by atoms with Crippen molar-refractivity contribution in [1.82, 2.24) is 0 Å². The summed E-state index contributed by atoms with van der Waals surface area (Å²) in [5.74, 6) is -1.48. The van der Waals surface area contributed by atoms with Gasteiger partial charge in [-0.3, -0.25) is 4.99 Å². The van der Waals surface area contributed by atoms with Gasteiger partial charge in [0.2, 0.25) is 0 Å². The van der Waals surface area contributed by atoms with Crippen molar-refractivity contribution in [2.75, 3.05) is 20.8 Å². The van der Waals surface area contributed by atoms with Gasteiger partial charge in [0.1, 0.15) is 5.84 Å². The Morgan fingerprint density at radius 1 is 1.40 bits per heavy atom. The van der Waals surface area contributed by atoms with Gasteiger partial charge in [-0.1, -0.05) is 6.92 Å². The molecule has 0 atom stereocenters. The summed E-state index contributed by atoms with van der Waals surface area (Å²) in [6.07, 6.45) is 0.781. The molecular formula is C9H16N2O4. The van der Waals surface area contributed by atoms with E-state index in [4.69, 9.17) is 5.73 Å². The van der Waals surface area contributed by atoms with Crippen LogP contribution in [0.15, 0.2) is 16.5 Å². The number of nitrogens with two attached hydrogens (primary N) is 1. The number of aliphatic hydroxyl groups excluding tert-OH is 1. The van der Waals surface area contributed by atoms with Crippen LogP contribution in [0.25, 0.3) is 0 Å². The van der Waals surface area contributed by atoms with Crippen LogP contribution in [0.2, 0.25) is 0 Å². The minimum Gasteiger partial charge on any atom is -0.480 e. The quantitative estimate of drug-likeness (QED) is 0.227. The average Bonchev–Trinajstić information content (AvgIpc) is 2.25. The SMILES string of the molecule is CCCN=C(N)/C(C(=O)OC)=C(/O)OC. The molecule has 0 aromatic carbocycles. The number of methoxy groups -OCH3 is 2. The number of nitrogens with zero attached hydrogens (tertiary/aromatic N) is 1. The molecule has 86 valence electrons. The zero-order valence-corrected chi connectivity index (χ0v) is 9.11. The van der Waals surface area contributed by atoms with Gasteiger partial charge in [0.05, 0.1) is 14.2 Å². The first-order valence-corrected chi connectivity index (χ1v) is 4.44. The smallest absolute Gasteiger partial charge is 0.348 e. The number of carbonyl (C=O) groups excluding carboxylic acids is 1. The lowest BCUT2D eigenvalue weighted by Crippen LogP contribution is -2.25. The van der Waals surface area contributed by atoms with Crippen molar-refractivity contribution in [3.8, 4) is 0 Å². The minimum atomic E-state index is -0.785. The van der Waals surface area contributed by atoms with Crippen LogP contribution in [-0.4, -0.2) is 37.7 Å². The largest absolute Gasteiger partial charge is 0.480 e. The van der Waals surface area contributed by atoms with Gasteiger partial charge in [0.25, 0.3) is 5.95 Å². The number of rotatable bonds is 5. The topological polar surface area (TPSA) is 94.1 Å². The highest BCUT2D eigenvalue weighted by Crippen LogP contribution is 2.05. The van der Waals surface area contributed by atoms with Gasteiger partial charge < -0.3 is 20.3 Å². The van der Waals surface area contributed by atoms with Gasteiger partial charge in [-0.15, -0.1) is 0 Å². The monoisotopic (exact) mass is 216 g/mol. The number of ether oxygens (including phenoxy) is 2. The molecule has 0 spiro atoms. The molecular weight excluding hydrogens is 200 g/mol. The predicted molar refractivity (Wildman–Crippen MR) is 55.5 cm³/mol. The number of esters is 1. The molecule has 3 N–H and O–H groups in total. The molecule has 0 unspecified atom stereocenters. The number of amidine groups is 1. The van der Waals surface area contributed by atoms with Crippen molar-refractivity contribution in [1.29, 1.82) is 0 Å². The molecule has 0 saturated carbocycles. The highest BCUT2D eigenvalue weighted by molar-refractivity contribution is 6.18. The van der Waals surface area contributed by atoms with E-state index >= 15 is 0 Å². The molecule has 0 aromatic rings. The second-order valence-corrected chi connectivity index (χ2v) is 2.64. The minimum absolute atomic E-state index is 0.0944. The Labute approximate surface area is 88.4 Å². The lowest BCUT2D eigenvalue weighted by molar-refractivity contribution is -0.136. The summed E-state index contributed by atoms with van der Waals surface area (Å²) in [5.41, 5.74) is 5.25. The fraction of sp³-hybridized carbons (Fsp3) is 0.556. The van der Waals surface area contributed by atoms with Crippen LogP contribution >= 0.6 is 0 Å². The number of aliphatic hydroxyl groups is 1. The fourth-order valence-corrected chi connectivity index (χ4v) is 0.817. The molecule has 0 amide bonds. The van der Waals surface area contributed by atoms with Crippen molar-refractivity contribution >= 4 is 11.8 Å². The molecule has 0 rings (SSSR count).